The van der Waals surface area contributed by atoms with Gasteiger partial charge in [0.2, 0.25) is 0 Å². The molecule has 0 bridgehead atoms. The summed E-state index contributed by atoms with van der Waals surface area (Å²) in [6.07, 6.45) is 0. The van der Waals surface area contributed by atoms with E-state index < -0.39 is 0 Å². The highest BCUT2D eigenvalue weighted by Crippen LogP contribution is 2.41. The van der Waals surface area contributed by atoms with E-state index in [9.17, 15) is 4.39 Å². The molecule has 0 saturated carbocycles. The Kier molecular flexibility index (Phi) is 5.45. The van der Waals surface area contributed by atoms with Gasteiger partial charge in [-0.1, -0.05) is 36.7 Å². The fourth-order valence-electron chi connectivity index (χ4n) is 1.56. The molecule has 0 aliphatic heterocycles. The molecular formula is C13H17Br2FO. The zero-order valence-corrected chi connectivity index (χ0v) is 13.6. The third kappa shape index (κ3) is 3.44. The van der Waals surface area contributed by atoms with Crippen LogP contribution in [0.1, 0.15) is 31.2 Å². The van der Waals surface area contributed by atoms with Crippen molar-refractivity contribution in [3.05, 3.63) is 28.0 Å². The van der Waals surface area contributed by atoms with Crippen LogP contribution < -0.4 is 4.74 Å². The summed E-state index contributed by atoms with van der Waals surface area (Å²) in [7, 11) is 1.56. The zero-order valence-electron chi connectivity index (χ0n) is 10.4. The van der Waals surface area contributed by atoms with E-state index in [2.05, 4.69) is 52.6 Å². The van der Waals surface area contributed by atoms with Crippen molar-refractivity contribution in [3.8, 4) is 5.75 Å². The Balaban J connectivity index is 3.16. The molecule has 0 N–H and O–H groups in total. The normalized spacial score (nSPS) is 14.8. The SMILES string of the molecule is COc1cc(F)c(Br)cc1C(Br)C(C)C(C)C. The van der Waals surface area contributed by atoms with Gasteiger partial charge in [0.15, 0.2) is 0 Å². The smallest absolute Gasteiger partial charge is 0.141 e. The van der Waals surface area contributed by atoms with Gasteiger partial charge >= 0.3 is 0 Å². The minimum absolute atomic E-state index is 0.148. The average molecular weight is 368 g/mol. The number of benzene rings is 1. The molecule has 17 heavy (non-hydrogen) atoms. The first-order valence-electron chi connectivity index (χ1n) is 5.55. The van der Waals surface area contributed by atoms with Crippen LogP contribution in [-0.2, 0) is 0 Å². The molecule has 0 fully saturated rings. The maximum atomic E-state index is 13.4. The molecular weight excluding hydrogens is 351 g/mol. The van der Waals surface area contributed by atoms with E-state index in [-0.39, 0.29) is 10.6 Å². The number of alkyl halides is 1. The number of hydrogen-bond donors (Lipinski definition) is 0. The van der Waals surface area contributed by atoms with Crippen molar-refractivity contribution in [2.24, 2.45) is 11.8 Å². The first-order valence-corrected chi connectivity index (χ1v) is 7.26. The maximum Gasteiger partial charge on any atom is 0.141 e. The molecule has 0 saturated heterocycles. The van der Waals surface area contributed by atoms with Gasteiger partial charge in [-0.05, 0) is 33.8 Å². The predicted octanol–water partition coefficient (Wildman–Crippen LogP) is 5.32. The van der Waals surface area contributed by atoms with Gasteiger partial charge in [-0.3, -0.25) is 0 Å². The van der Waals surface area contributed by atoms with E-state index in [0.717, 1.165) is 5.56 Å². The largest absolute Gasteiger partial charge is 0.496 e. The topological polar surface area (TPSA) is 9.23 Å². The van der Waals surface area contributed by atoms with Crippen molar-refractivity contribution >= 4 is 31.9 Å². The second kappa shape index (κ2) is 6.19. The van der Waals surface area contributed by atoms with E-state index in [1.165, 1.54) is 6.07 Å². The van der Waals surface area contributed by atoms with E-state index in [4.69, 9.17) is 4.74 Å². The molecule has 0 aliphatic carbocycles. The van der Waals surface area contributed by atoms with Crippen LogP contribution in [0.25, 0.3) is 0 Å². The lowest BCUT2D eigenvalue weighted by atomic mass is 9.90. The quantitative estimate of drug-likeness (QED) is 0.654. The number of rotatable bonds is 4. The molecule has 0 amide bonds. The fourth-order valence-corrected chi connectivity index (χ4v) is 2.89. The highest BCUT2D eigenvalue weighted by atomic mass is 79.9. The van der Waals surface area contributed by atoms with Gasteiger partial charge in [0, 0.05) is 16.5 Å². The van der Waals surface area contributed by atoms with Crippen LogP contribution >= 0.6 is 31.9 Å². The molecule has 0 aliphatic rings. The van der Waals surface area contributed by atoms with Crippen molar-refractivity contribution in [2.45, 2.75) is 25.6 Å². The Morgan fingerprint density at radius 1 is 1.24 bits per heavy atom. The fraction of sp³-hybridized carbons (Fsp3) is 0.538. The van der Waals surface area contributed by atoms with Gasteiger partial charge in [0.1, 0.15) is 11.6 Å². The minimum Gasteiger partial charge on any atom is -0.496 e. The number of halogens is 3. The highest BCUT2D eigenvalue weighted by Gasteiger charge is 2.23. The van der Waals surface area contributed by atoms with Crippen molar-refractivity contribution in [1.82, 2.24) is 0 Å². The Labute approximate surface area is 119 Å². The highest BCUT2D eigenvalue weighted by molar-refractivity contribution is 9.10. The van der Waals surface area contributed by atoms with Crippen molar-refractivity contribution in [1.29, 1.82) is 0 Å². The van der Waals surface area contributed by atoms with Gasteiger partial charge in [0.25, 0.3) is 0 Å². The van der Waals surface area contributed by atoms with E-state index >= 15 is 0 Å². The Hall–Kier alpha value is -0.0900. The van der Waals surface area contributed by atoms with Crippen molar-refractivity contribution < 1.29 is 9.13 Å². The molecule has 2 atom stereocenters. The molecule has 0 heterocycles. The van der Waals surface area contributed by atoms with Gasteiger partial charge < -0.3 is 4.74 Å². The summed E-state index contributed by atoms with van der Waals surface area (Å²) < 4.78 is 19.1. The lowest BCUT2D eigenvalue weighted by molar-refractivity contribution is 0.382. The number of hydrogen-bond acceptors (Lipinski definition) is 1. The second-order valence-electron chi connectivity index (χ2n) is 4.51. The monoisotopic (exact) mass is 366 g/mol. The molecule has 1 rings (SSSR count). The molecule has 0 spiro atoms. The van der Waals surface area contributed by atoms with Gasteiger partial charge in [0.05, 0.1) is 11.6 Å². The Bertz CT molecular complexity index is 393. The van der Waals surface area contributed by atoms with E-state index in [0.29, 0.717) is 22.1 Å². The molecule has 96 valence electrons. The van der Waals surface area contributed by atoms with Gasteiger partial charge in [-0.15, -0.1) is 0 Å². The van der Waals surface area contributed by atoms with Crippen LogP contribution in [0.5, 0.6) is 5.75 Å². The van der Waals surface area contributed by atoms with Crippen LogP contribution in [-0.4, -0.2) is 7.11 Å². The lowest BCUT2D eigenvalue weighted by Crippen LogP contribution is -2.11. The molecule has 1 aromatic carbocycles. The molecule has 1 aromatic rings. The molecule has 0 radical (unpaired) electrons. The third-order valence-corrected chi connectivity index (χ3v) is 5.02. The van der Waals surface area contributed by atoms with Crippen molar-refractivity contribution in [2.75, 3.05) is 7.11 Å². The molecule has 0 aromatic heterocycles. The summed E-state index contributed by atoms with van der Waals surface area (Å²) in [6.45, 7) is 6.51. The Morgan fingerprint density at radius 2 is 1.82 bits per heavy atom. The summed E-state index contributed by atoms with van der Waals surface area (Å²) in [5, 5.41) is 0. The summed E-state index contributed by atoms with van der Waals surface area (Å²) in [6, 6.07) is 3.20. The summed E-state index contributed by atoms with van der Waals surface area (Å²) in [4.78, 5) is 0.148. The van der Waals surface area contributed by atoms with Crippen LogP contribution in [0.4, 0.5) is 4.39 Å². The van der Waals surface area contributed by atoms with Gasteiger partial charge in [-0.25, -0.2) is 4.39 Å². The van der Waals surface area contributed by atoms with Crippen LogP contribution in [0.3, 0.4) is 0 Å². The molecule has 1 nitrogen and oxygen atoms in total. The van der Waals surface area contributed by atoms with Crippen LogP contribution in [0.2, 0.25) is 0 Å². The van der Waals surface area contributed by atoms with E-state index in [1.54, 1.807) is 13.2 Å². The van der Waals surface area contributed by atoms with Crippen molar-refractivity contribution in [3.63, 3.8) is 0 Å². The average Bonchev–Trinajstić information content (AvgIpc) is 2.29. The maximum absolute atomic E-state index is 13.4. The summed E-state index contributed by atoms with van der Waals surface area (Å²) in [5.74, 6) is 1.25. The van der Waals surface area contributed by atoms with Gasteiger partial charge in [-0.2, -0.15) is 0 Å². The summed E-state index contributed by atoms with van der Waals surface area (Å²) >= 11 is 6.89. The number of methoxy groups -OCH3 is 1. The summed E-state index contributed by atoms with van der Waals surface area (Å²) in [5.41, 5.74) is 0.974. The number of ether oxygens (including phenoxy) is 1. The first-order chi connectivity index (χ1) is 7.88. The Morgan fingerprint density at radius 3 is 2.29 bits per heavy atom. The predicted molar refractivity (Wildman–Crippen MR) is 76.3 cm³/mol. The standard InChI is InChI=1S/C13H17Br2FO/c1-7(2)8(3)13(15)9-5-10(14)11(16)6-12(9)17-4/h5-8,13H,1-4H3. The van der Waals surface area contributed by atoms with E-state index in [1.807, 2.05) is 0 Å². The molecule has 4 heteroatoms. The third-order valence-electron chi connectivity index (χ3n) is 3.08. The van der Waals surface area contributed by atoms with Crippen LogP contribution in [0.15, 0.2) is 16.6 Å². The second-order valence-corrected chi connectivity index (χ2v) is 6.35. The lowest BCUT2D eigenvalue weighted by Gasteiger charge is -2.24. The van der Waals surface area contributed by atoms with Crippen LogP contribution in [0, 0.1) is 17.7 Å². The first kappa shape index (κ1) is 15.0. The zero-order chi connectivity index (χ0) is 13.2. The molecule has 2 unspecified atom stereocenters. The minimum atomic E-state index is -0.303.